The van der Waals surface area contributed by atoms with Crippen molar-refractivity contribution in [3.63, 3.8) is 0 Å². The molecule has 3 heterocycles. The number of carbonyl (C=O) groups is 2. The minimum atomic E-state index is -0.158. The SMILES string of the molecule is Bc1cc(CNC(=O)CCC(=O)NCc2c(CC)nc3c(cnn3CC)c2NC2CCOCC2)ccc1C. The monoisotopic (exact) mass is 518 g/mol. The van der Waals surface area contributed by atoms with Crippen LogP contribution in [0, 0.1) is 6.92 Å². The molecule has 1 aliphatic rings. The van der Waals surface area contributed by atoms with Crippen molar-refractivity contribution in [2.75, 3.05) is 18.5 Å². The highest BCUT2D eigenvalue weighted by Gasteiger charge is 2.22. The summed E-state index contributed by atoms with van der Waals surface area (Å²) in [6, 6.07) is 6.44. The van der Waals surface area contributed by atoms with Gasteiger partial charge in [0.25, 0.3) is 0 Å². The highest BCUT2D eigenvalue weighted by molar-refractivity contribution is 6.33. The summed E-state index contributed by atoms with van der Waals surface area (Å²) in [6.45, 7) is 9.20. The van der Waals surface area contributed by atoms with Crippen LogP contribution in [-0.2, 0) is 40.4 Å². The fraction of sp³-hybridized carbons (Fsp3) is 0.500. The first kappa shape index (κ1) is 27.6. The van der Waals surface area contributed by atoms with E-state index >= 15 is 0 Å². The quantitative estimate of drug-likeness (QED) is 0.335. The first-order valence-corrected chi connectivity index (χ1v) is 13.7. The number of hydrogen-bond donors (Lipinski definition) is 3. The number of aryl methyl sites for hydroxylation is 3. The Morgan fingerprint density at radius 2 is 1.82 bits per heavy atom. The van der Waals surface area contributed by atoms with E-state index in [1.807, 2.05) is 16.9 Å². The van der Waals surface area contributed by atoms with Gasteiger partial charge in [-0.05, 0) is 38.7 Å². The van der Waals surface area contributed by atoms with Gasteiger partial charge in [0.15, 0.2) is 5.65 Å². The van der Waals surface area contributed by atoms with Gasteiger partial charge in [-0.15, -0.1) is 0 Å². The Bertz CT molecular complexity index is 1290. The number of nitrogens with one attached hydrogen (secondary N) is 3. The predicted molar refractivity (Wildman–Crippen MR) is 152 cm³/mol. The summed E-state index contributed by atoms with van der Waals surface area (Å²) < 4.78 is 7.45. The number of ether oxygens (including phenoxy) is 1. The number of fused-ring (bicyclic) bond motifs is 1. The van der Waals surface area contributed by atoms with Crippen molar-refractivity contribution in [2.24, 2.45) is 0 Å². The molecular weight excluding hydrogens is 479 g/mol. The maximum atomic E-state index is 12.7. The van der Waals surface area contributed by atoms with Gasteiger partial charge in [-0.2, -0.15) is 5.10 Å². The van der Waals surface area contributed by atoms with Gasteiger partial charge >= 0.3 is 0 Å². The molecule has 0 unspecified atom stereocenters. The zero-order valence-electron chi connectivity index (χ0n) is 23.0. The fourth-order valence-corrected chi connectivity index (χ4v) is 4.81. The lowest BCUT2D eigenvalue weighted by Crippen LogP contribution is -2.30. The van der Waals surface area contributed by atoms with E-state index in [0.29, 0.717) is 19.1 Å². The first-order chi connectivity index (χ1) is 18.4. The number of pyridine rings is 1. The third kappa shape index (κ3) is 6.72. The molecule has 3 aromatic rings. The number of hydrogen-bond acceptors (Lipinski definition) is 6. The predicted octanol–water partition coefficient (Wildman–Crippen LogP) is 1.88. The van der Waals surface area contributed by atoms with Crippen molar-refractivity contribution >= 4 is 41.8 Å². The average Bonchev–Trinajstić information content (AvgIpc) is 3.35. The summed E-state index contributed by atoms with van der Waals surface area (Å²) in [5.41, 5.74) is 7.24. The number of nitrogens with zero attached hydrogens (tertiary/aromatic N) is 3. The zero-order chi connectivity index (χ0) is 27.1. The Morgan fingerprint density at radius 1 is 1.11 bits per heavy atom. The molecule has 10 heteroatoms. The molecule has 0 spiro atoms. The normalized spacial score (nSPS) is 14.0. The van der Waals surface area contributed by atoms with Crippen molar-refractivity contribution < 1.29 is 14.3 Å². The molecular formula is C28H39BN6O3. The lowest BCUT2D eigenvalue weighted by molar-refractivity contribution is -0.126. The lowest BCUT2D eigenvalue weighted by Gasteiger charge is -2.26. The third-order valence-corrected chi connectivity index (χ3v) is 7.28. The maximum Gasteiger partial charge on any atom is 0.220 e. The van der Waals surface area contributed by atoms with E-state index in [1.165, 1.54) is 11.0 Å². The van der Waals surface area contributed by atoms with E-state index in [2.05, 4.69) is 61.8 Å². The van der Waals surface area contributed by atoms with Gasteiger partial charge in [0.05, 0.1) is 17.3 Å². The van der Waals surface area contributed by atoms with Gasteiger partial charge in [-0.25, -0.2) is 9.67 Å². The summed E-state index contributed by atoms with van der Waals surface area (Å²) >= 11 is 0. The van der Waals surface area contributed by atoms with Crippen molar-refractivity contribution in [3.05, 3.63) is 46.8 Å². The number of aromatic nitrogens is 3. The molecule has 9 nitrogen and oxygen atoms in total. The summed E-state index contributed by atoms with van der Waals surface area (Å²) in [4.78, 5) is 30.0. The second kappa shape index (κ2) is 12.9. The Kier molecular flexibility index (Phi) is 9.39. The van der Waals surface area contributed by atoms with Crippen LogP contribution in [0.25, 0.3) is 11.0 Å². The number of rotatable bonds is 11. The van der Waals surface area contributed by atoms with E-state index in [1.54, 1.807) is 0 Å². The molecule has 1 aromatic carbocycles. The molecule has 202 valence electrons. The molecule has 0 atom stereocenters. The molecule has 3 N–H and O–H groups in total. The Labute approximate surface area is 225 Å². The van der Waals surface area contributed by atoms with Gasteiger partial charge in [0, 0.05) is 63.0 Å². The summed E-state index contributed by atoms with van der Waals surface area (Å²) in [5.74, 6) is -0.292. The molecule has 1 aliphatic heterocycles. The Balaban J connectivity index is 1.40. The molecule has 1 saturated heterocycles. The number of carbonyl (C=O) groups excluding carboxylic acids is 2. The van der Waals surface area contributed by atoms with E-state index in [0.717, 1.165) is 72.6 Å². The van der Waals surface area contributed by atoms with Crippen LogP contribution in [0.5, 0.6) is 0 Å². The zero-order valence-corrected chi connectivity index (χ0v) is 23.0. The molecule has 0 aliphatic carbocycles. The first-order valence-electron chi connectivity index (χ1n) is 13.7. The molecule has 2 amide bonds. The van der Waals surface area contributed by atoms with Crippen LogP contribution in [0.3, 0.4) is 0 Å². The molecule has 4 rings (SSSR count). The standard InChI is InChI=1S/C28H39BN6O3/c1-4-24-21(16-31-26(37)9-8-25(36)30-15-19-7-6-18(3)23(29)14-19)27(33-20-10-12-38-13-11-20)22-17-32-35(5-2)28(22)34-24/h6-7,14,17,20H,4-5,8-13,15-16,29H2,1-3H3,(H,30,36)(H,31,37)(H,33,34). The smallest absolute Gasteiger partial charge is 0.220 e. The minimum absolute atomic E-state index is 0.131. The molecule has 1 fully saturated rings. The molecule has 0 radical (unpaired) electrons. The lowest BCUT2D eigenvalue weighted by atomic mass is 9.89. The van der Waals surface area contributed by atoms with Crippen LogP contribution in [-0.4, -0.2) is 53.7 Å². The number of anilines is 1. The van der Waals surface area contributed by atoms with E-state index < -0.39 is 0 Å². The average molecular weight is 518 g/mol. The summed E-state index contributed by atoms with van der Waals surface area (Å²) in [6.07, 6.45) is 4.72. The van der Waals surface area contributed by atoms with Gasteiger partial charge in [0.2, 0.25) is 11.8 Å². The largest absolute Gasteiger partial charge is 0.381 e. The number of benzene rings is 1. The van der Waals surface area contributed by atoms with Crippen molar-refractivity contribution in [2.45, 2.75) is 78.6 Å². The van der Waals surface area contributed by atoms with Crippen LogP contribution < -0.4 is 21.4 Å². The summed E-state index contributed by atoms with van der Waals surface area (Å²) in [5, 5.41) is 15.2. The number of amides is 2. The third-order valence-electron chi connectivity index (χ3n) is 7.28. The van der Waals surface area contributed by atoms with E-state index in [-0.39, 0.29) is 24.7 Å². The van der Waals surface area contributed by atoms with Crippen LogP contribution >= 0.6 is 0 Å². The Hall–Kier alpha value is -3.40. The van der Waals surface area contributed by atoms with Gasteiger partial charge in [-0.3, -0.25) is 9.59 Å². The molecule has 2 aromatic heterocycles. The van der Waals surface area contributed by atoms with Crippen LogP contribution in [0.1, 0.15) is 61.9 Å². The van der Waals surface area contributed by atoms with Crippen molar-refractivity contribution in [1.82, 2.24) is 25.4 Å². The van der Waals surface area contributed by atoms with Gasteiger partial charge < -0.3 is 20.7 Å². The van der Waals surface area contributed by atoms with Gasteiger partial charge in [-0.1, -0.05) is 36.1 Å². The maximum absolute atomic E-state index is 12.7. The Morgan fingerprint density at radius 3 is 2.47 bits per heavy atom. The molecule has 0 bridgehead atoms. The van der Waals surface area contributed by atoms with Crippen LogP contribution in [0.4, 0.5) is 5.69 Å². The van der Waals surface area contributed by atoms with Crippen molar-refractivity contribution in [3.8, 4) is 0 Å². The molecule has 0 saturated carbocycles. The van der Waals surface area contributed by atoms with Crippen LogP contribution in [0.15, 0.2) is 24.4 Å². The topological polar surface area (TPSA) is 110 Å². The van der Waals surface area contributed by atoms with E-state index in [4.69, 9.17) is 9.72 Å². The minimum Gasteiger partial charge on any atom is -0.381 e. The van der Waals surface area contributed by atoms with E-state index in [9.17, 15) is 9.59 Å². The van der Waals surface area contributed by atoms with Gasteiger partial charge in [0.1, 0.15) is 7.85 Å². The summed E-state index contributed by atoms with van der Waals surface area (Å²) in [7, 11) is 2.06. The van der Waals surface area contributed by atoms with Crippen LogP contribution in [0.2, 0.25) is 0 Å². The highest BCUT2D eigenvalue weighted by atomic mass is 16.5. The second-order valence-corrected chi connectivity index (χ2v) is 9.97. The highest BCUT2D eigenvalue weighted by Crippen LogP contribution is 2.31. The molecule has 38 heavy (non-hydrogen) atoms. The second-order valence-electron chi connectivity index (χ2n) is 9.97. The fourth-order valence-electron chi connectivity index (χ4n) is 4.81. The van der Waals surface area contributed by atoms with Crippen molar-refractivity contribution in [1.29, 1.82) is 0 Å².